The first-order valence-electron chi connectivity index (χ1n) is 9.34. The van der Waals surface area contributed by atoms with Gasteiger partial charge in [-0.15, -0.1) is 0 Å². The van der Waals surface area contributed by atoms with Crippen LogP contribution in [0.25, 0.3) is 0 Å². The molecule has 0 spiro atoms. The van der Waals surface area contributed by atoms with Crippen molar-refractivity contribution < 1.29 is 9.47 Å². The fourth-order valence-electron chi connectivity index (χ4n) is 3.86. The van der Waals surface area contributed by atoms with E-state index in [9.17, 15) is 0 Å². The van der Waals surface area contributed by atoms with E-state index in [1.54, 1.807) is 7.11 Å². The number of hydrogen-bond acceptors (Lipinski definition) is 4. The Morgan fingerprint density at radius 3 is 2.55 bits per heavy atom. The summed E-state index contributed by atoms with van der Waals surface area (Å²) < 4.78 is 12.7. The summed E-state index contributed by atoms with van der Waals surface area (Å²) in [5.41, 5.74) is 4.28. The first-order valence-corrected chi connectivity index (χ1v) is 10.5. The van der Waals surface area contributed by atoms with Crippen molar-refractivity contribution in [2.75, 3.05) is 7.11 Å². The van der Waals surface area contributed by atoms with Crippen LogP contribution in [0.4, 0.5) is 0 Å². The summed E-state index contributed by atoms with van der Waals surface area (Å²) >= 11 is 9.68. The highest BCUT2D eigenvalue weighted by atomic mass is 79.9. The average Bonchev–Trinajstić information content (AvgIpc) is 3.20. The Hall–Kier alpha value is -2.50. The lowest BCUT2D eigenvalue weighted by molar-refractivity contribution is -0.0190. The highest BCUT2D eigenvalue weighted by Gasteiger charge is 2.41. The van der Waals surface area contributed by atoms with Crippen LogP contribution < -0.4 is 9.47 Å². The zero-order chi connectivity index (χ0) is 20.0. The Morgan fingerprint density at radius 2 is 1.83 bits per heavy atom. The monoisotopic (exact) mass is 468 g/mol. The number of rotatable bonds is 3. The second-order valence-corrected chi connectivity index (χ2v) is 8.43. The summed E-state index contributed by atoms with van der Waals surface area (Å²) in [6, 6.07) is 22.0. The average molecular weight is 470 g/mol. The molecule has 0 fully saturated rings. The van der Waals surface area contributed by atoms with Crippen molar-refractivity contribution in [2.24, 2.45) is 5.10 Å². The Kier molecular flexibility index (Phi) is 4.72. The minimum Gasteiger partial charge on any atom is -0.497 e. The number of fused-ring (bicyclic) bond motifs is 3. The van der Waals surface area contributed by atoms with Gasteiger partial charge in [-0.25, -0.2) is 5.01 Å². The Bertz CT molecular complexity index is 1080. The quantitative estimate of drug-likeness (QED) is 0.448. The first kappa shape index (κ1) is 18.5. The van der Waals surface area contributed by atoms with Crippen molar-refractivity contribution in [3.05, 3.63) is 92.9 Å². The van der Waals surface area contributed by atoms with Gasteiger partial charge in [0, 0.05) is 27.0 Å². The molecule has 29 heavy (non-hydrogen) atoms. The van der Waals surface area contributed by atoms with Gasteiger partial charge in [0.15, 0.2) is 0 Å². The maximum atomic E-state index is 6.38. The number of hydrazone groups is 1. The molecule has 2 atom stereocenters. The van der Waals surface area contributed by atoms with Gasteiger partial charge in [0.05, 0.1) is 18.9 Å². The van der Waals surface area contributed by atoms with E-state index >= 15 is 0 Å². The summed E-state index contributed by atoms with van der Waals surface area (Å²) in [6.45, 7) is 0. The van der Waals surface area contributed by atoms with Crippen LogP contribution in [0.3, 0.4) is 0 Å². The number of methoxy groups -OCH3 is 1. The third-order valence-corrected chi connectivity index (χ3v) is 6.08. The van der Waals surface area contributed by atoms with Gasteiger partial charge in [0.25, 0.3) is 0 Å². The summed E-state index contributed by atoms with van der Waals surface area (Å²) in [5, 5.41) is 7.75. The summed E-state index contributed by atoms with van der Waals surface area (Å²) in [6.07, 6.45) is 0.505. The van der Waals surface area contributed by atoms with Crippen molar-refractivity contribution in [2.45, 2.75) is 18.7 Å². The predicted octanol–water partition coefficient (Wildman–Crippen LogP) is 6.35. The summed E-state index contributed by atoms with van der Waals surface area (Å²) in [7, 11) is 1.67. The minimum absolute atomic E-state index is 0.106. The van der Waals surface area contributed by atoms with Gasteiger partial charge in [-0.2, -0.15) is 5.10 Å². The van der Waals surface area contributed by atoms with Gasteiger partial charge in [-0.3, -0.25) is 0 Å². The molecule has 3 aromatic rings. The first-order chi connectivity index (χ1) is 14.1. The Labute approximate surface area is 182 Å². The predicted molar refractivity (Wildman–Crippen MR) is 118 cm³/mol. The highest BCUT2D eigenvalue weighted by molar-refractivity contribution is 9.10. The summed E-state index contributed by atoms with van der Waals surface area (Å²) in [5.74, 6) is 1.72. The maximum absolute atomic E-state index is 6.38. The van der Waals surface area contributed by atoms with Crippen molar-refractivity contribution in [3.8, 4) is 11.5 Å². The van der Waals surface area contributed by atoms with Crippen molar-refractivity contribution in [3.63, 3.8) is 0 Å². The van der Waals surface area contributed by atoms with Gasteiger partial charge < -0.3 is 9.47 Å². The zero-order valence-corrected chi connectivity index (χ0v) is 18.0. The molecule has 0 saturated heterocycles. The molecule has 0 N–H and O–H groups in total. The molecule has 146 valence electrons. The molecule has 0 unspecified atom stereocenters. The summed E-state index contributed by atoms with van der Waals surface area (Å²) in [4.78, 5) is 0. The van der Waals surface area contributed by atoms with Crippen LogP contribution in [-0.2, 0) is 0 Å². The lowest BCUT2D eigenvalue weighted by Crippen LogP contribution is -2.33. The molecule has 0 amide bonds. The van der Waals surface area contributed by atoms with E-state index in [1.807, 2.05) is 48.5 Å². The molecule has 2 aliphatic heterocycles. The number of benzene rings is 3. The smallest absolute Gasteiger partial charge is 0.213 e. The molecule has 4 nitrogen and oxygen atoms in total. The van der Waals surface area contributed by atoms with Gasteiger partial charge >= 0.3 is 0 Å². The molecular weight excluding hydrogens is 452 g/mol. The molecule has 5 rings (SSSR count). The minimum atomic E-state index is -0.304. The lowest BCUT2D eigenvalue weighted by Gasteiger charge is -2.38. The number of nitrogens with zero attached hydrogens (tertiary/aromatic N) is 2. The third-order valence-electron chi connectivity index (χ3n) is 5.33. The lowest BCUT2D eigenvalue weighted by atomic mass is 9.96. The standard InChI is InChI=1S/C23H18BrClN2O2/c1-28-18-9-4-14(5-10-18)20-13-21-19-12-16(24)6-11-22(19)29-23(27(21)26-20)15-2-7-17(25)8-3-15/h2-12,21,23H,13H2,1H3/t21-,23-/m0/s1. The highest BCUT2D eigenvalue weighted by Crippen LogP contribution is 2.48. The molecule has 0 saturated carbocycles. The Balaban J connectivity index is 1.57. The van der Waals surface area contributed by atoms with E-state index in [2.05, 4.69) is 39.1 Å². The molecule has 3 aromatic carbocycles. The van der Waals surface area contributed by atoms with Gasteiger partial charge in [-0.1, -0.05) is 39.7 Å². The molecule has 0 bridgehead atoms. The molecule has 0 radical (unpaired) electrons. The molecular formula is C23H18BrClN2O2. The van der Waals surface area contributed by atoms with Crippen LogP contribution >= 0.6 is 27.5 Å². The van der Waals surface area contributed by atoms with E-state index < -0.39 is 0 Å². The fraction of sp³-hybridized carbons (Fsp3) is 0.174. The fourth-order valence-corrected chi connectivity index (χ4v) is 4.37. The van der Waals surface area contributed by atoms with E-state index in [0.29, 0.717) is 5.02 Å². The van der Waals surface area contributed by atoms with Crippen LogP contribution in [0, 0.1) is 0 Å². The molecule has 6 heteroatoms. The largest absolute Gasteiger partial charge is 0.497 e. The number of hydrogen-bond donors (Lipinski definition) is 0. The van der Waals surface area contributed by atoms with E-state index in [1.165, 1.54) is 0 Å². The maximum Gasteiger partial charge on any atom is 0.213 e. The molecule has 0 aromatic heterocycles. The van der Waals surface area contributed by atoms with E-state index in [4.69, 9.17) is 26.2 Å². The van der Waals surface area contributed by atoms with Gasteiger partial charge in [0.2, 0.25) is 6.23 Å². The number of ether oxygens (including phenoxy) is 2. The van der Waals surface area contributed by atoms with Crippen LogP contribution in [0.1, 0.15) is 35.4 Å². The second kappa shape index (κ2) is 7.39. The SMILES string of the molecule is COc1ccc(C2=NN3[C@@H](C2)c2cc(Br)ccc2O[C@H]3c2ccc(Cl)cc2)cc1. The van der Waals surface area contributed by atoms with Crippen LogP contribution in [0.2, 0.25) is 5.02 Å². The topological polar surface area (TPSA) is 34.1 Å². The van der Waals surface area contributed by atoms with Crippen molar-refractivity contribution >= 4 is 33.2 Å². The normalized spacial score (nSPS) is 19.8. The van der Waals surface area contributed by atoms with Crippen LogP contribution in [0.15, 0.2) is 76.3 Å². The Morgan fingerprint density at radius 1 is 1.07 bits per heavy atom. The molecule has 2 aliphatic rings. The van der Waals surface area contributed by atoms with Gasteiger partial charge in [-0.05, 0) is 60.2 Å². The van der Waals surface area contributed by atoms with E-state index in [-0.39, 0.29) is 12.3 Å². The van der Waals surface area contributed by atoms with Gasteiger partial charge in [0.1, 0.15) is 11.5 Å². The second-order valence-electron chi connectivity index (χ2n) is 7.08. The van der Waals surface area contributed by atoms with Crippen LogP contribution in [0.5, 0.6) is 11.5 Å². The van der Waals surface area contributed by atoms with Crippen LogP contribution in [-0.4, -0.2) is 17.8 Å². The molecule has 0 aliphatic carbocycles. The zero-order valence-electron chi connectivity index (χ0n) is 15.7. The third kappa shape index (κ3) is 3.38. The van der Waals surface area contributed by atoms with Crippen molar-refractivity contribution in [1.82, 2.24) is 5.01 Å². The van der Waals surface area contributed by atoms with E-state index in [0.717, 1.165) is 44.8 Å². The van der Waals surface area contributed by atoms with Crippen molar-refractivity contribution in [1.29, 1.82) is 0 Å². The number of halogens is 2. The molecule has 2 heterocycles.